The van der Waals surface area contributed by atoms with Crippen LogP contribution in [0.5, 0.6) is 0 Å². The standard InChI is InChI=1S/C35H51N3O5S/c1-34(2,3)37-33(41)30-21-26-16-12-13-17-27(26)23-38(30)24-31(39)29(20-25-14-8-6-9-15-25)36-32(40)22-35(4,5)44(42,43)28-18-10-7-11-19-28/h6-11,14-15,18-19,26-27,29-31,39H,12-13,16-17,20-24H2,1-5H3,(H,36,40)(H,37,41)/t26-,27+,29?,30?,31?/m0/s1. The molecular formula is C35H51N3O5S. The van der Waals surface area contributed by atoms with Gasteiger partial charge in [-0.05, 0) is 83.4 Å². The first kappa shape index (κ1) is 34.1. The van der Waals surface area contributed by atoms with Crippen molar-refractivity contribution in [1.29, 1.82) is 0 Å². The molecule has 0 spiro atoms. The van der Waals surface area contributed by atoms with Crippen molar-refractivity contribution in [3.8, 4) is 0 Å². The highest BCUT2D eigenvalue weighted by molar-refractivity contribution is 7.92. The molecule has 44 heavy (non-hydrogen) atoms. The van der Waals surface area contributed by atoms with Crippen LogP contribution in [0.25, 0.3) is 0 Å². The predicted octanol–water partition coefficient (Wildman–Crippen LogP) is 4.51. The zero-order valence-corrected chi connectivity index (χ0v) is 27.8. The number of carbonyl (C=O) groups excluding carboxylic acids is 2. The minimum atomic E-state index is -3.79. The molecule has 1 saturated carbocycles. The number of nitrogens with zero attached hydrogens (tertiary/aromatic N) is 1. The summed E-state index contributed by atoms with van der Waals surface area (Å²) in [5, 5.41) is 17.9. The number of aliphatic hydroxyl groups is 1. The number of amides is 2. The number of piperidine rings is 1. The molecule has 2 aromatic rings. The normalized spacial score (nSPS) is 22.8. The molecule has 3 unspecified atom stereocenters. The lowest BCUT2D eigenvalue weighted by atomic mass is 9.72. The van der Waals surface area contributed by atoms with Gasteiger partial charge in [-0.2, -0.15) is 0 Å². The molecule has 1 heterocycles. The van der Waals surface area contributed by atoms with Gasteiger partial charge in [0, 0.05) is 25.0 Å². The number of β-amino-alcohol motifs (C(OH)–C–C–N with tert-alkyl or cyclic N) is 1. The van der Waals surface area contributed by atoms with E-state index in [-0.39, 0.29) is 35.3 Å². The lowest BCUT2D eigenvalue weighted by molar-refractivity contribution is -0.133. The summed E-state index contributed by atoms with van der Waals surface area (Å²) in [6.07, 6.45) is 4.54. The second-order valence-corrected chi connectivity index (χ2v) is 17.0. The van der Waals surface area contributed by atoms with Gasteiger partial charge in [0.15, 0.2) is 9.84 Å². The van der Waals surface area contributed by atoms with Gasteiger partial charge in [0.05, 0.1) is 27.8 Å². The lowest BCUT2D eigenvalue weighted by Crippen LogP contribution is -2.60. The lowest BCUT2D eigenvalue weighted by Gasteiger charge is -2.47. The van der Waals surface area contributed by atoms with Crippen molar-refractivity contribution in [2.75, 3.05) is 13.1 Å². The van der Waals surface area contributed by atoms with Crippen molar-refractivity contribution in [1.82, 2.24) is 15.5 Å². The van der Waals surface area contributed by atoms with Crippen molar-refractivity contribution in [3.63, 3.8) is 0 Å². The van der Waals surface area contributed by atoms with Gasteiger partial charge in [0.2, 0.25) is 11.8 Å². The third-order valence-corrected chi connectivity index (χ3v) is 11.7. The summed E-state index contributed by atoms with van der Waals surface area (Å²) >= 11 is 0. The van der Waals surface area contributed by atoms with E-state index in [1.807, 2.05) is 51.1 Å². The maximum atomic E-state index is 13.5. The van der Waals surface area contributed by atoms with Gasteiger partial charge in [0.25, 0.3) is 0 Å². The average Bonchev–Trinajstić information content (AvgIpc) is 2.96. The Hall–Kier alpha value is -2.75. The molecule has 2 fully saturated rings. The number of likely N-dealkylation sites (tertiary alicyclic amines) is 1. The fraction of sp³-hybridized carbons (Fsp3) is 0.600. The Kier molecular flexibility index (Phi) is 11.0. The predicted molar refractivity (Wildman–Crippen MR) is 174 cm³/mol. The summed E-state index contributed by atoms with van der Waals surface area (Å²) in [6, 6.07) is 16.8. The molecule has 1 aliphatic carbocycles. The Morgan fingerprint density at radius 1 is 0.932 bits per heavy atom. The Morgan fingerprint density at radius 2 is 1.52 bits per heavy atom. The topological polar surface area (TPSA) is 116 Å². The van der Waals surface area contributed by atoms with Crippen LogP contribution in [0.1, 0.15) is 78.7 Å². The van der Waals surface area contributed by atoms with Gasteiger partial charge < -0.3 is 15.7 Å². The van der Waals surface area contributed by atoms with Crippen LogP contribution in [0.15, 0.2) is 65.6 Å². The van der Waals surface area contributed by atoms with Crippen molar-refractivity contribution in [3.05, 3.63) is 66.2 Å². The van der Waals surface area contributed by atoms with Gasteiger partial charge in [-0.15, -0.1) is 0 Å². The number of carbonyl (C=O) groups is 2. The Morgan fingerprint density at radius 3 is 2.14 bits per heavy atom. The van der Waals surface area contributed by atoms with E-state index in [0.717, 1.165) is 31.4 Å². The number of sulfone groups is 1. The van der Waals surface area contributed by atoms with E-state index >= 15 is 0 Å². The summed E-state index contributed by atoms with van der Waals surface area (Å²) in [6.45, 7) is 10.0. The van der Waals surface area contributed by atoms with E-state index in [1.54, 1.807) is 44.2 Å². The van der Waals surface area contributed by atoms with Gasteiger partial charge in [-0.1, -0.05) is 67.8 Å². The van der Waals surface area contributed by atoms with E-state index in [1.165, 1.54) is 12.8 Å². The average molecular weight is 626 g/mol. The first-order chi connectivity index (χ1) is 20.7. The smallest absolute Gasteiger partial charge is 0.237 e. The van der Waals surface area contributed by atoms with Crippen molar-refractivity contribution >= 4 is 21.7 Å². The van der Waals surface area contributed by atoms with E-state index in [2.05, 4.69) is 15.5 Å². The van der Waals surface area contributed by atoms with Crippen LogP contribution in [-0.2, 0) is 25.8 Å². The largest absolute Gasteiger partial charge is 0.390 e. The van der Waals surface area contributed by atoms with E-state index in [0.29, 0.717) is 18.3 Å². The Bertz CT molecular complexity index is 1360. The second-order valence-electron chi connectivity index (χ2n) is 14.4. The summed E-state index contributed by atoms with van der Waals surface area (Å²) in [7, 11) is -3.79. The summed E-state index contributed by atoms with van der Waals surface area (Å²) < 4.78 is 25.4. The summed E-state index contributed by atoms with van der Waals surface area (Å²) in [5.74, 6) is 0.523. The van der Waals surface area contributed by atoms with Crippen molar-refractivity contribution in [2.45, 2.75) is 113 Å². The molecule has 8 nitrogen and oxygen atoms in total. The third-order valence-electron chi connectivity index (χ3n) is 9.20. The summed E-state index contributed by atoms with van der Waals surface area (Å²) in [5.41, 5.74) is 0.572. The Balaban J connectivity index is 1.53. The second kappa shape index (κ2) is 14.1. The molecule has 9 heteroatoms. The fourth-order valence-electron chi connectivity index (χ4n) is 6.80. The number of rotatable bonds is 11. The zero-order chi connectivity index (χ0) is 32.1. The number of hydrogen-bond donors (Lipinski definition) is 3. The van der Waals surface area contributed by atoms with Crippen LogP contribution < -0.4 is 10.6 Å². The molecule has 2 aliphatic rings. The molecule has 3 N–H and O–H groups in total. The van der Waals surface area contributed by atoms with Crippen LogP contribution in [0.2, 0.25) is 0 Å². The third kappa shape index (κ3) is 8.70. The van der Waals surface area contributed by atoms with Crippen LogP contribution >= 0.6 is 0 Å². The van der Waals surface area contributed by atoms with Gasteiger partial charge in [-0.3, -0.25) is 14.5 Å². The molecule has 0 bridgehead atoms. The fourth-order valence-corrected chi connectivity index (χ4v) is 8.28. The molecule has 0 aromatic heterocycles. The van der Waals surface area contributed by atoms with Gasteiger partial charge in [-0.25, -0.2) is 8.42 Å². The van der Waals surface area contributed by atoms with Gasteiger partial charge >= 0.3 is 0 Å². The van der Waals surface area contributed by atoms with E-state index in [4.69, 9.17) is 0 Å². The highest BCUT2D eigenvalue weighted by atomic mass is 32.2. The van der Waals surface area contributed by atoms with Crippen LogP contribution in [0.4, 0.5) is 0 Å². The van der Waals surface area contributed by atoms with Gasteiger partial charge in [0.1, 0.15) is 0 Å². The number of benzene rings is 2. The van der Waals surface area contributed by atoms with Crippen LogP contribution in [0, 0.1) is 11.8 Å². The quantitative estimate of drug-likeness (QED) is 0.339. The maximum Gasteiger partial charge on any atom is 0.237 e. The maximum absolute atomic E-state index is 13.5. The molecule has 2 amide bonds. The highest BCUT2D eigenvalue weighted by Gasteiger charge is 2.42. The van der Waals surface area contributed by atoms with Crippen LogP contribution in [-0.4, -0.2) is 71.8 Å². The molecule has 242 valence electrons. The first-order valence-electron chi connectivity index (χ1n) is 16.0. The minimum absolute atomic E-state index is 0.0229. The van der Waals surface area contributed by atoms with E-state index < -0.39 is 32.6 Å². The number of aliphatic hydroxyl groups excluding tert-OH is 1. The Labute approximate surface area is 263 Å². The highest BCUT2D eigenvalue weighted by Crippen LogP contribution is 2.39. The SMILES string of the molecule is CC(C)(C)NC(=O)C1C[C@@H]2CCCC[C@@H]2CN1CC(O)C(Cc1ccccc1)NC(=O)CC(C)(C)S(=O)(=O)c1ccccc1. The molecule has 4 rings (SSSR count). The van der Waals surface area contributed by atoms with Crippen molar-refractivity contribution in [2.24, 2.45) is 11.8 Å². The number of nitrogens with one attached hydrogen (secondary N) is 2. The molecule has 1 aliphatic heterocycles. The molecule has 0 radical (unpaired) electrons. The zero-order valence-electron chi connectivity index (χ0n) is 27.0. The van der Waals surface area contributed by atoms with Crippen LogP contribution in [0.3, 0.4) is 0 Å². The molecule has 1 saturated heterocycles. The number of hydrogen-bond acceptors (Lipinski definition) is 6. The molecule has 2 aromatic carbocycles. The van der Waals surface area contributed by atoms with E-state index in [9.17, 15) is 23.1 Å². The molecule has 5 atom stereocenters. The minimum Gasteiger partial charge on any atom is -0.390 e. The first-order valence-corrected chi connectivity index (χ1v) is 17.5. The monoisotopic (exact) mass is 625 g/mol. The summed E-state index contributed by atoms with van der Waals surface area (Å²) in [4.78, 5) is 29.3. The van der Waals surface area contributed by atoms with Crippen molar-refractivity contribution < 1.29 is 23.1 Å². The molecular weight excluding hydrogens is 574 g/mol. The number of fused-ring (bicyclic) bond motifs is 1.